The molecule has 0 aliphatic carbocycles. The molecule has 1 N–H and O–H groups in total. The molecule has 1 aromatic carbocycles. The van der Waals surface area contributed by atoms with Gasteiger partial charge in [0.1, 0.15) is 5.75 Å². The van der Waals surface area contributed by atoms with E-state index in [1.807, 2.05) is 6.07 Å². The first-order chi connectivity index (χ1) is 8.69. The number of fused-ring (bicyclic) bond motifs is 1. The van der Waals surface area contributed by atoms with Crippen LogP contribution < -0.4 is 9.47 Å². The van der Waals surface area contributed by atoms with E-state index in [2.05, 4.69) is 4.98 Å². The van der Waals surface area contributed by atoms with E-state index in [1.54, 1.807) is 26.4 Å². The second kappa shape index (κ2) is 5.42. The molecule has 18 heavy (non-hydrogen) atoms. The van der Waals surface area contributed by atoms with E-state index in [4.69, 9.17) is 26.2 Å². The zero-order valence-electron chi connectivity index (χ0n) is 10.2. The van der Waals surface area contributed by atoms with Crippen LogP contribution in [-0.4, -0.2) is 30.9 Å². The van der Waals surface area contributed by atoms with Crippen LogP contribution in [-0.2, 0) is 6.42 Å². The molecular weight excluding hydrogens is 254 g/mol. The van der Waals surface area contributed by atoms with Crippen molar-refractivity contribution in [3.8, 4) is 11.6 Å². The Morgan fingerprint density at radius 2 is 2.00 bits per heavy atom. The van der Waals surface area contributed by atoms with Crippen molar-refractivity contribution in [2.75, 3.05) is 20.8 Å². The molecule has 0 amide bonds. The van der Waals surface area contributed by atoms with E-state index in [1.165, 1.54) is 0 Å². The number of hydrogen-bond acceptors (Lipinski definition) is 4. The van der Waals surface area contributed by atoms with Crippen molar-refractivity contribution in [2.45, 2.75) is 6.42 Å². The highest BCUT2D eigenvalue weighted by molar-refractivity contribution is 6.32. The number of pyridine rings is 1. The fraction of sp³-hybridized carbons (Fsp3) is 0.308. The third-order valence-corrected chi connectivity index (χ3v) is 3.00. The molecule has 0 saturated heterocycles. The molecule has 0 unspecified atom stereocenters. The predicted molar refractivity (Wildman–Crippen MR) is 70.6 cm³/mol. The molecule has 0 atom stereocenters. The highest BCUT2D eigenvalue weighted by atomic mass is 35.5. The smallest absolute Gasteiger partial charge is 0.216 e. The summed E-state index contributed by atoms with van der Waals surface area (Å²) in [7, 11) is 3.12. The van der Waals surface area contributed by atoms with Crippen LogP contribution in [0.5, 0.6) is 11.6 Å². The lowest BCUT2D eigenvalue weighted by Crippen LogP contribution is -1.99. The normalized spacial score (nSPS) is 10.7. The molecule has 2 aromatic rings. The van der Waals surface area contributed by atoms with Gasteiger partial charge in [-0.25, -0.2) is 4.98 Å². The number of aromatic nitrogens is 1. The first-order valence-corrected chi connectivity index (χ1v) is 5.89. The van der Waals surface area contributed by atoms with Crippen LogP contribution in [0.4, 0.5) is 0 Å². The largest absolute Gasteiger partial charge is 0.495 e. The van der Waals surface area contributed by atoms with Gasteiger partial charge in [0.05, 0.1) is 24.8 Å². The van der Waals surface area contributed by atoms with Crippen molar-refractivity contribution >= 4 is 22.5 Å². The van der Waals surface area contributed by atoms with Crippen molar-refractivity contribution in [1.82, 2.24) is 4.98 Å². The van der Waals surface area contributed by atoms with E-state index >= 15 is 0 Å². The number of hydrogen-bond donors (Lipinski definition) is 1. The quantitative estimate of drug-likeness (QED) is 0.924. The van der Waals surface area contributed by atoms with Crippen LogP contribution in [0, 0.1) is 0 Å². The number of ether oxygens (including phenoxy) is 2. The summed E-state index contributed by atoms with van der Waals surface area (Å²) in [4.78, 5) is 4.39. The fourth-order valence-corrected chi connectivity index (χ4v) is 2.08. The van der Waals surface area contributed by atoms with Crippen LogP contribution >= 0.6 is 11.6 Å². The zero-order valence-corrected chi connectivity index (χ0v) is 11.0. The number of aliphatic hydroxyl groups is 1. The molecule has 0 radical (unpaired) electrons. The second-order valence-electron chi connectivity index (χ2n) is 3.81. The van der Waals surface area contributed by atoms with Gasteiger partial charge in [0, 0.05) is 30.0 Å². The van der Waals surface area contributed by atoms with E-state index in [0.29, 0.717) is 23.1 Å². The highest BCUT2D eigenvalue weighted by Gasteiger charge is 2.10. The number of halogens is 1. The Hall–Kier alpha value is -1.52. The van der Waals surface area contributed by atoms with Gasteiger partial charge < -0.3 is 14.6 Å². The van der Waals surface area contributed by atoms with Crippen molar-refractivity contribution in [1.29, 1.82) is 0 Å². The number of aliphatic hydroxyl groups excluding tert-OH is 1. The number of rotatable bonds is 4. The molecule has 2 rings (SSSR count). The highest BCUT2D eigenvalue weighted by Crippen LogP contribution is 2.31. The number of nitrogens with zero attached hydrogens (tertiary/aromatic N) is 1. The number of methoxy groups -OCH3 is 2. The third kappa shape index (κ3) is 2.35. The summed E-state index contributed by atoms with van der Waals surface area (Å²) < 4.78 is 10.4. The Bertz CT molecular complexity index is 572. The molecule has 4 nitrogen and oxygen atoms in total. The summed E-state index contributed by atoms with van der Waals surface area (Å²) in [6.45, 7) is 0.0490. The van der Waals surface area contributed by atoms with Crippen molar-refractivity contribution in [2.24, 2.45) is 0 Å². The fourth-order valence-electron chi connectivity index (χ4n) is 1.83. The Labute approximate surface area is 110 Å². The second-order valence-corrected chi connectivity index (χ2v) is 4.22. The van der Waals surface area contributed by atoms with Gasteiger partial charge >= 0.3 is 0 Å². The van der Waals surface area contributed by atoms with E-state index in [9.17, 15) is 0 Å². The predicted octanol–water partition coefficient (Wildman–Crippen LogP) is 2.44. The maximum atomic E-state index is 9.02. The monoisotopic (exact) mass is 267 g/mol. The molecule has 0 saturated carbocycles. The van der Waals surface area contributed by atoms with Crippen LogP contribution in [0.2, 0.25) is 5.02 Å². The summed E-state index contributed by atoms with van der Waals surface area (Å²) in [6, 6.07) is 5.48. The van der Waals surface area contributed by atoms with Crippen LogP contribution in [0.15, 0.2) is 18.2 Å². The molecule has 5 heteroatoms. The summed E-state index contributed by atoms with van der Waals surface area (Å²) in [5.41, 5.74) is 1.60. The Balaban J connectivity index is 2.63. The maximum Gasteiger partial charge on any atom is 0.216 e. The minimum Gasteiger partial charge on any atom is -0.495 e. The minimum atomic E-state index is 0.0490. The van der Waals surface area contributed by atoms with E-state index < -0.39 is 0 Å². The van der Waals surface area contributed by atoms with E-state index in [0.717, 1.165) is 16.5 Å². The Kier molecular flexibility index (Phi) is 3.89. The lowest BCUT2D eigenvalue weighted by atomic mass is 10.1. The Morgan fingerprint density at radius 3 is 2.61 bits per heavy atom. The zero-order chi connectivity index (χ0) is 13.1. The molecule has 0 aliphatic rings. The minimum absolute atomic E-state index is 0.0490. The molecule has 0 fully saturated rings. The van der Waals surface area contributed by atoms with Gasteiger partial charge in [0.2, 0.25) is 5.88 Å². The first kappa shape index (κ1) is 12.9. The molecular formula is C13H14ClNO3. The van der Waals surface area contributed by atoms with Gasteiger partial charge in [-0.3, -0.25) is 0 Å². The van der Waals surface area contributed by atoms with Gasteiger partial charge in [0.25, 0.3) is 0 Å². The molecule has 0 spiro atoms. The van der Waals surface area contributed by atoms with Gasteiger partial charge in [-0.15, -0.1) is 0 Å². The van der Waals surface area contributed by atoms with Gasteiger partial charge in [0.15, 0.2) is 0 Å². The van der Waals surface area contributed by atoms with Gasteiger partial charge in [-0.05, 0) is 12.1 Å². The van der Waals surface area contributed by atoms with Crippen molar-refractivity contribution in [3.05, 3.63) is 28.8 Å². The Morgan fingerprint density at radius 1 is 1.22 bits per heavy atom. The van der Waals surface area contributed by atoms with Crippen LogP contribution in [0.1, 0.15) is 5.56 Å². The molecule has 0 bridgehead atoms. The first-order valence-electron chi connectivity index (χ1n) is 5.51. The molecule has 1 aromatic heterocycles. The van der Waals surface area contributed by atoms with Crippen molar-refractivity contribution in [3.63, 3.8) is 0 Å². The number of benzene rings is 1. The summed E-state index contributed by atoms with van der Waals surface area (Å²) >= 11 is 6.07. The average Bonchev–Trinajstić information content (AvgIpc) is 2.37. The van der Waals surface area contributed by atoms with Crippen LogP contribution in [0.25, 0.3) is 10.9 Å². The molecule has 96 valence electrons. The molecule has 1 heterocycles. The lowest BCUT2D eigenvalue weighted by Gasteiger charge is -2.10. The van der Waals surface area contributed by atoms with Crippen molar-refractivity contribution < 1.29 is 14.6 Å². The summed E-state index contributed by atoms with van der Waals surface area (Å²) in [5.74, 6) is 1.09. The van der Waals surface area contributed by atoms with Crippen LogP contribution in [0.3, 0.4) is 0 Å². The summed E-state index contributed by atoms with van der Waals surface area (Å²) in [6.07, 6.45) is 0.496. The molecule has 0 aliphatic heterocycles. The SMILES string of the molecule is COc1cc2nc(OC)c(CCO)cc2cc1Cl. The summed E-state index contributed by atoms with van der Waals surface area (Å²) in [5, 5.41) is 10.4. The lowest BCUT2D eigenvalue weighted by molar-refractivity contribution is 0.296. The van der Waals surface area contributed by atoms with Gasteiger partial charge in [-0.2, -0.15) is 0 Å². The topological polar surface area (TPSA) is 51.6 Å². The van der Waals surface area contributed by atoms with E-state index in [-0.39, 0.29) is 6.61 Å². The standard InChI is InChI=1S/C13H14ClNO3/c1-17-12-7-11-9(6-10(12)14)5-8(3-4-16)13(15-11)18-2/h5-7,16H,3-4H2,1-2H3. The maximum absolute atomic E-state index is 9.02. The van der Waals surface area contributed by atoms with Gasteiger partial charge in [-0.1, -0.05) is 11.6 Å². The average molecular weight is 268 g/mol. The third-order valence-electron chi connectivity index (χ3n) is 2.70.